The highest BCUT2D eigenvalue weighted by Gasteiger charge is 2.27. The first-order valence-corrected chi connectivity index (χ1v) is 9.64. The molecule has 28 heavy (non-hydrogen) atoms. The molecule has 7 nitrogen and oxygen atoms in total. The van der Waals surface area contributed by atoms with Crippen molar-refractivity contribution in [1.29, 1.82) is 0 Å². The number of hydrogen-bond acceptors (Lipinski definition) is 5. The molecule has 1 atom stereocenters. The minimum atomic E-state index is -0.123. The van der Waals surface area contributed by atoms with Crippen LogP contribution in [0.4, 0.5) is 11.5 Å². The average molecular weight is 397 g/mol. The monoisotopic (exact) mass is 396 g/mol. The van der Waals surface area contributed by atoms with Crippen molar-refractivity contribution in [1.82, 2.24) is 19.7 Å². The molecule has 0 spiro atoms. The summed E-state index contributed by atoms with van der Waals surface area (Å²) in [4.78, 5) is 19.0. The second-order valence-electron chi connectivity index (χ2n) is 6.85. The molecule has 0 aliphatic carbocycles. The maximum atomic E-state index is 12.7. The van der Waals surface area contributed by atoms with Gasteiger partial charge in [0.1, 0.15) is 5.82 Å². The number of nitrogens with zero attached hydrogens (tertiary/aromatic N) is 5. The number of carbonyl (C=O) groups excluding carboxylic acids is 1. The van der Waals surface area contributed by atoms with Crippen LogP contribution in [0.15, 0.2) is 48.8 Å². The standard InChI is InChI=1S/C20H21ClN6O/c1-14-22-10-12-27(14)19-9-8-18(24-25-19)26-11-4-5-15(13-26)20(28)23-17-7-3-2-6-16(17)21/h2-3,6-10,12,15H,4-5,11,13H2,1H3,(H,23,28). The van der Waals surface area contributed by atoms with Crippen LogP contribution in [-0.4, -0.2) is 38.7 Å². The number of piperidine rings is 1. The number of benzene rings is 1. The predicted molar refractivity (Wildman–Crippen MR) is 109 cm³/mol. The van der Waals surface area contributed by atoms with Crippen molar-refractivity contribution in [2.24, 2.45) is 5.92 Å². The molecule has 0 saturated carbocycles. The number of nitrogens with one attached hydrogen (secondary N) is 1. The van der Waals surface area contributed by atoms with Crippen molar-refractivity contribution in [3.8, 4) is 5.82 Å². The quantitative estimate of drug-likeness (QED) is 0.730. The van der Waals surface area contributed by atoms with Gasteiger partial charge in [0.15, 0.2) is 11.6 Å². The number of halogens is 1. The maximum Gasteiger partial charge on any atom is 0.229 e. The van der Waals surface area contributed by atoms with Gasteiger partial charge in [-0.15, -0.1) is 10.2 Å². The highest BCUT2D eigenvalue weighted by atomic mass is 35.5. The Morgan fingerprint density at radius 3 is 2.68 bits per heavy atom. The molecule has 0 radical (unpaired) electrons. The number of imidazole rings is 1. The van der Waals surface area contributed by atoms with Crippen LogP contribution in [0.1, 0.15) is 18.7 Å². The molecule has 144 valence electrons. The third-order valence-corrected chi connectivity index (χ3v) is 5.29. The van der Waals surface area contributed by atoms with Crippen LogP contribution in [0.3, 0.4) is 0 Å². The Morgan fingerprint density at radius 2 is 1.96 bits per heavy atom. The summed E-state index contributed by atoms with van der Waals surface area (Å²) in [5, 5.41) is 12.2. The molecule has 3 aromatic rings. The van der Waals surface area contributed by atoms with Crippen molar-refractivity contribution in [2.75, 3.05) is 23.3 Å². The Labute approximate surface area is 168 Å². The Balaban J connectivity index is 1.44. The second-order valence-corrected chi connectivity index (χ2v) is 7.26. The summed E-state index contributed by atoms with van der Waals surface area (Å²) in [6.07, 6.45) is 5.35. The molecule has 1 saturated heterocycles. The zero-order chi connectivity index (χ0) is 19.5. The molecule has 1 N–H and O–H groups in total. The number of hydrogen-bond donors (Lipinski definition) is 1. The zero-order valence-corrected chi connectivity index (χ0v) is 16.3. The van der Waals surface area contributed by atoms with E-state index in [4.69, 9.17) is 11.6 Å². The zero-order valence-electron chi connectivity index (χ0n) is 15.5. The van der Waals surface area contributed by atoms with Crippen LogP contribution in [0, 0.1) is 12.8 Å². The van der Waals surface area contributed by atoms with Crippen LogP contribution >= 0.6 is 11.6 Å². The number of aromatic nitrogens is 4. The van der Waals surface area contributed by atoms with Crippen LogP contribution in [0.5, 0.6) is 0 Å². The summed E-state index contributed by atoms with van der Waals surface area (Å²) in [5.74, 6) is 2.22. The first-order chi connectivity index (χ1) is 13.6. The molecule has 1 fully saturated rings. The van der Waals surface area contributed by atoms with Gasteiger partial charge in [-0.1, -0.05) is 23.7 Å². The van der Waals surface area contributed by atoms with Gasteiger partial charge in [0.05, 0.1) is 16.6 Å². The van der Waals surface area contributed by atoms with Gasteiger partial charge >= 0.3 is 0 Å². The van der Waals surface area contributed by atoms with Crippen LogP contribution in [0.2, 0.25) is 5.02 Å². The largest absolute Gasteiger partial charge is 0.354 e. The molecule has 1 aliphatic heterocycles. The van der Waals surface area contributed by atoms with Gasteiger partial charge in [0.2, 0.25) is 5.91 Å². The van der Waals surface area contributed by atoms with Crippen molar-refractivity contribution in [3.05, 3.63) is 59.6 Å². The van der Waals surface area contributed by atoms with E-state index in [0.717, 1.165) is 36.8 Å². The van der Waals surface area contributed by atoms with E-state index in [0.29, 0.717) is 17.3 Å². The van der Waals surface area contributed by atoms with Crippen molar-refractivity contribution in [2.45, 2.75) is 19.8 Å². The topological polar surface area (TPSA) is 75.9 Å². The molecular weight excluding hydrogens is 376 g/mol. The van der Waals surface area contributed by atoms with Crippen molar-refractivity contribution >= 4 is 29.0 Å². The second kappa shape index (κ2) is 7.98. The maximum absolute atomic E-state index is 12.7. The number of para-hydroxylation sites is 1. The van der Waals surface area contributed by atoms with Crippen molar-refractivity contribution in [3.63, 3.8) is 0 Å². The number of rotatable bonds is 4. The van der Waals surface area contributed by atoms with Gasteiger partial charge in [0.25, 0.3) is 0 Å². The molecule has 1 unspecified atom stereocenters. The van der Waals surface area contributed by atoms with E-state index in [-0.39, 0.29) is 11.8 Å². The SMILES string of the molecule is Cc1nccn1-c1ccc(N2CCCC(C(=O)Nc3ccccc3Cl)C2)nn1. The predicted octanol–water partition coefficient (Wildman–Crippen LogP) is 3.48. The Morgan fingerprint density at radius 1 is 1.18 bits per heavy atom. The lowest BCUT2D eigenvalue weighted by Crippen LogP contribution is -2.41. The van der Waals surface area contributed by atoms with Gasteiger partial charge in [-0.05, 0) is 44.0 Å². The number of anilines is 2. The first kappa shape index (κ1) is 18.4. The summed E-state index contributed by atoms with van der Waals surface area (Å²) in [7, 11) is 0. The van der Waals surface area contributed by atoms with E-state index in [9.17, 15) is 4.79 Å². The average Bonchev–Trinajstić information content (AvgIpc) is 3.16. The van der Waals surface area contributed by atoms with E-state index in [1.165, 1.54) is 0 Å². The lowest BCUT2D eigenvalue weighted by atomic mass is 9.97. The smallest absolute Gasteiger partial charge is 0.229 e. The third kappa shape index (κ3) is 3.84. The number of aryl methyl sites for hydroxylation is 1. The molecule has 3 heterocycles. The minimum absolute atomic E-state index is 0.0172. The molecular formula is C20H21ClN6O. The fourth-order valence-corrected chi connectivity index (χ4v) is 3.62. The number of amides is 1. The normalized spacial score (nSPS) is 16.8. The lowest BCUT2D eigenvalue weighted by molar-refractivity contribution is -0.120. The van der Waals surface area contributed by atoms with Gasteiger partial charge in [-0.2, -0.15) is 0 Å². The highest BCUT2D eigenvalue weighted by Crippen LogP contribution is 2.25. The van der Waals surface area contributed by atoms with Crippen molar-refractivity contribution < 1.29 is 4.79 Å². The van der Waals surface area contributed by atoms with Crippen LogP contribution in [0.25, 0.3) is 5.82 Å². The fourth-order valence-electron chi connectivity index (χ4n) is 3.43. The van der Waals surface area contributed by atoms with Gasteiger partial charge in [0, 0.05) is 25.5 Å². The van der Waals surface area contributed by atoms with E-state index < -0.39 is 0 Å². The summed E-state index contributed by atoms with van der Waals surface area (Å²) < 4.78 is 1.88. The third-order valence-electron chi connectivity index (χ3n) is 4.96. The molecule has 0 bridgehead atoms. The van der Waals surface area contributed by atoms with E-state index in [1.54, 1.807) is 12.3 Å². The van der Waals surface area contributed by atoms with E-state index in [2.05, 4.69) is 25.4 Å². The minimum Gasteiger partial charge on any atom is -0.354 e. The van der Waals surface area contributed by atoms with Gasteiger partial charge in [-0.25, -0.2) is 4.98 Å². The highest BCUT2D eigenvalue weighted by molar-refractivity contribution is 6.33. The summed E-state index contributed by atoms with van der Waals surface area (Å²) in [6, 6.07) is 11.1. The Bertz CT molecular complexity index is 971. The Hall–Kier alpha value is -2.93. The summed E-state index contributed by atoms with van der Waals surface area (Å²) in [6.45, 7) is 3.38. The summed E-state index contributed by atoms with van der Waals surface area (Å²) in [5.41, 5.74) is 0.645. The van der Waals surface area contributed by atoms with E-state index >= 15 is 0 Å². The van der Waals surface area contributed by atoms with E-state index in [1.807, 2.05) is 48.0 Å². The molecule has 1 aromatic carbocycles. The lowest BCUT2D eigenvalue weighted by Gasteiger charge is -2.32. The van der Waals surface area contributed by atoms with Crippen LogP contribution < -0.4 is 10.2 Å². The summed E-state index contributed by atoms with van der Waals surface area (Å²) >= 11 is 6.15. The van der Waals surface area contributed by atoms with Gasteiger partial charge in [-0.3, -0.25) is 9.36 Å². The molecule has 1 amide bonds. The Kier molecular flexibility index (Phi) is 5.25. The molecule has 2 aromatic heterocycles. The molecule has 1 aliphatic rings. The van der Waals surface area contributed by atoms with Gasteiger partial charge < -0.3 is 10.2 Å². The fraction of sp³-hybridized carbons (Fsp3) is 0.300. The number of carbonyl (C=O) groups is 1. The molecule has 4 rings (SSSR count). The first-order valence-electron chi connectivity index (χ1n) is 9.26. The van der Waals surface area contributed by atoms with Crippen LogP contribution in [-0.2, 0) is 4.79 Å². The molecule has 8 heteroatoms.